The molecule has 0 bridgehead atoms. The van der Waals surface area contributed by atoms with E-state index < -0.39 is 0 Å². The Morgan fingerprint density at radius 2 is 1.47 bits per heavy atom. The lowest BCUT2D eigenvalue weighted by Gasteiger charge is -2.28. The van der Waals surface area contributed by atoms with Crippen LogP contribution in [0.25, 0.3) is 0 Å². The van der Waals surface area contributed by atoms with E-state index in [-0.39, 0.29) is 11.8 Å². The molecule has 0 spiro atoms. The first-order valence-corrected chi connectivity index (χ1v) is 11.3. The maximum atomic E-state index is 13.7. The van der Waals surface area contributed by atoms with Gasteiger partial charge in [0.2, 0.25) is 5.91 Å². The SMILES string of the molecule is O=C(c1ccc[nH]1)N1CCCN(CC(=O)N2c3ccccc3CCc3ccccc32)CC1. The van der Waals surface area contributed by atoms with Crippen LogP contribution in [0.2, 0.25) is 0 Å². The van der Waals surface area contributed by atoms with Crippen molar-refractivity contribution in [3.05, 3.63) is 83.7 Å². The molecule has 2 aromatic carbocycles. The summed E-state index contributed by atoms with van der Waals surface area (Å²) < 4.78 is 0. The van der Waals surface area contributed by atoms with E-state index in [9.17, 15) is 9.59 Å². The van der Waals surface area contributed by atoms with Crippen LogP contribution in [0.3, 0.4) is 0 Å². The number of benzene rings is 2. The first-order chi connectivity index (χ1) is 15.7. The summed E-state index contributed by atoms with van der Waals surface area (Å²) in [7, 11) is 0. The summed E-state index contributed by atoms with van der Waals surface area (Å²) in [5.74, 6) is 0.106. The summed E-state index contributed by atoms with van der Waals surface area (Å²) in [6.07, 6.45) is 4.48. The van der Waals surface area contributed by atoms with Crippen molar-refractivity contribution in [3.8, 4) is 0 Å². The molecule has 2 aliphatic heterocycles. The second kappa shape index (κ2) is 9.01. The molecule has 1 saturated heterocycles. The van der Waals surface area contributed by atoms with Crippen molar-refractivity contribution >= 4 is 23.2 Å². The topological polar surface area (TPSA) is 59.7 Å². The lowest BCUT2D eigenvalue weighted by Crippen LogP contribution is -2.41. The van der Waals surface area contributed by atoms with Crippen LogP contribution in [0, 0.1) is 0 Å². The van der Waals surface area contributed by atoms with E-state index in [1.165, 1.54) is 11.1 Å². The van der Waals surface area contributed by atoms with Crippen molar-refractivity contribution in [2.24, 2.45) is 0 Å². The van der Waals surface area contributed by atoms with Crippen molar-refractivity contribution in [1.82, 2.24) is 14.8 Å². The molecule has 3 aromatic rings. The van der Waals surface area contributed by atoms with E-state index in [1.54, 1.807) is 6.20 Å². The number of nitrogens with one attached hydrogen (secondary N) is 1. The molecule has 1 N–H and O–H groups in total. The number of amides is 2. The number of nitrogens with zero attached hydrogens (tertiary/aromatic N) is 3. The molecule has 32 heavy (non-hydrogen) atoms. The third-order valence-electron chi connectivity index (χ3n) is 6.44. The number of fused-ring (bicyclic) bond motifs is 2. The van der Waals surface area contributed by atoms with Gasteiger partial charge in [0.05, 0.1) is 17.9 Å². The van der Waals surface area contributed by atoms with Gasteiger partial charge in [-0.25, -0.2) is 0 Å². The van der Waals surface area contributed by atoms with Gasteiger partial charge in [0.1, 0.15) is 5.69 Å². The van der Waals surface area contributed by atoms with E-state index in [2.05, 4.69) is 34.1 Å². The predicted octanol–water partition coefficient (Wildman–Crippen LogP) is 3.63. The minimum absolute atomic E-state index is 0.0264. The average Bonchev–Trinajstić information content (AvgIpc) is 3.18. The van der Waals surface area contributed by atoms with Crippen molar-refractivity contribution in [3.63, 3.8) is 0 Å². The predicted molar refractivity (Wildman–Crippen MR) is 125 cm³/mol. The fourth-order valence-electron chi connectivity index (χ4n) is 4.78. The number of para-hydroxylation sites is 2. The molecule has 0 unspecified atom stereocenters. The Bertz CT molecular complexity index is 1060. The minimum Gasteiger partial charge on any atom is -0.357 e. The zero-order valence-corrected chi connectivity index (χ0v) is 18.2. The van der Waals surface area contributed by atoms with Crippen molar-refractivity contribution in [1.29, 1.82) is 0 Å². The molecule has 1 aromatic heterocycles. The quantitative estimate of drug-likeness (QED) is 0.693. The van der Waals surface area contributed by atoms with Crippen molar-refractivity contribution < 1.29 is 9.59 Å². The minimum atomic E-state index is 0.0264. The third-order valence-corrected chi connectivity index (χ3v) is 6.44. The molecule has 2 aliphatic rings. The summed E-state index contributed by atoms with van der Waals surface area (Å²) in [5.41, 5.74) is 5.00. The number of anilines is 2. The number of hydrogen-bond donors (Lipinski definition) is 1. The highest BCUT2D eigenvalue weighted by Gasteiger charge is 2.28. The molecule has 2 amide bonds. The lowest BCUT2D eigenvalue weighted by atomic mass is 10.0. The molecule has 6 heteroatoms. The molecule has 3 heterocycles. The Hall–Kier alpha value is -3.38. The lowest BCUT2D eigenvalue weighted by molar-refractivity contribution is -0.119. The van der Waals surface area contributed by atoms with Gasteiger partial charge >= 0.3 is 0 Å². The number of carbonyl (C=O) groups excluding carboxylic acids is 2. The van der Waals surface area contributed by atoms with Gasteiger partial charge in [-0.2, -0.15) is 0 Å². The molecule has 5 rings (SSSR count). The van der Waals surface area contributed by atoms with Crippen LogP contribution in [0.4, 0.5) is 11.4 Å². The Labute approximate surface area is 188 Å². The molecule has 1 fully saturated rings. The van der Waals surface area contributed by atoms with Gasteiger partial charge in [-0.15, -0.1) is 0 Å². The Balaban J connectivity index is 1.33. The summed E-state index contributed by atoms with van der Waals surface area (Å²) in [4.78, 5) is 35.3. The number of carbonyl (C=O) groups is 2. The number of aromatic nitrogens is 1. The Morgan fingerprint density at radius 3 is 2.12 bits per heavy atom. The van der Waals surface area contributed by atoms with Crippen LogP contribution >= 0.6 is 0 Å². The van der Waals surface area contributed by atoms with E-state index in [1.807, 2.05) is 46.2 Å². The van der Waals surface area contributed by atoms with Crippen LogP contribution in [-0.2, 0) is 17.6 Å². The first kappa shape index (κ1) is 20.5. The second-order valence-corrected chi connectivity index (χ2v) is 8.49. The van der Waals surface area contributed by atoms with Crippen LogP contribution in [0.1, 0.15) is 28.0 Å². The van der Waals surface area contributed by atoms with Gasteiger partial charge in [-0.05, 0) is 54.7 Å². The van der Waals surface area contributed by atoms with Crippen molar-refractivity contribution in [2.45, 2.75) is 19.3 Å². The van der Waals surface area contributed by atoms with Gasteiger partial charge in [0.25, 0.3) is 5.91 Å². The molecule has 0 saturated carbocycles. The fraction of sp³-hybridized carbons (Fsp3) is 0.308. The number of aromatic amines is 1. The van der Waals surface area contributed by atoms with Gasteiger partial charge in [-0.1, -0.05) is 36.4 Å². The van der Waals surface area contributed by atoms with Gasteiger partial charge in [0.15, 0.2) is 0 Å². The van der Waals surface area contributed by atoms with Crippen LogP contribution in [0.5, 0.6) is 0 Å². The van der Waals surface area contributed by atoms with Crippen LogP contribution in [0.15, 0.2) is 66.9 Å². The largest absolute Gasteiger partial charge is 0.357 e. The highest BCUT2D eigenvalue weighted by atomic mass is 16.2. The number of H-pyrrole nitrogens is 1. The van der Waals surface area contributed by atoms with Gasteiger partial charge in [0, 0.05) is 32.4 Å². The van der Waals surface area contributed by atoms with E-state index in [4.69, 9.17) is 0 Å². The zero-order valence-electron chi connectivity index (χ0n) is 18.2. The maximum Gasteiger partial charge on any atom is 0.270 e. The van der Waals surface area contributed by atoms with Crippen LogP contribution in [-0.4, -0.2) is 59.3 Å². The molecule has 6 nitrogen and oxygen atoms in total. The maximum absolute atomic E-state index is 13.7. The third kappa shape index (κ3) is 4.06. The molecular formula is C26H28N4O2. The average molecular weight is 429 g/mol. The standard InChI is InChI=1S/C26H28N4O2/c31-25(19-28-15-6-16-29(18-17-28)26(32)22-9-5-14-27-22)30-23-10-3-1-7-20(23)12-13-21-8-2-4-11-24(21)30/h1-5,7-11,14,27H,6,12-13,15-19H2. The highest BCUT2D eigenvalue weighted by molar-refractivity contribution is 6.03. The summed E-state index contributed by atoms with van der Waals surface area (Å²) in [6.45, 7) is 3.16. The van der Waals surface area contributed by atoms with E-state index in [0.717, 1.165) is 37.2 Å². The molecule has 0 atom stereocenters. The van der Waals surface area contributed by atoms with Crippen molar-refractivity contribution in [2.75, 3.05) is 37.6 Å². The fourth-order valence-corrected chi connectivity index (χ4v) is 4.78. The monoisotopic (exact) mass is 428 g/mol. The summed E-state index contributed by atoms with van der Waals surface area (Å²) in [6, 6.07) is 20.1. The Kier molecular flexibility index (Phi) is 5.77. The van der Waals surface area contributed by atoms with E-state index in [0.29, 0.717) is 31.9 Å². The zero-order chi connectivity index (χ0) is 21.9. The molecule has 0 radical (unpaired) electrons. The van der Waals surface area contributed by atoms with Gasteiger partial charge < -0.3 is 9.88 Å². The number of rotatable bonds is 3. The second-order valence-electron chi connectivity index (χ2n) is 8.49. The van der Waals surface area contributed by atoms with E-state index >= 15 is 0 Å². The summed E-state index contributed by atoms with van der Waals surface area (Å²) >= 11 is 0. The number of aryl methyl sites for hydroxylation is 2. The molecule has 164 valence electrons. The summed E-state index contributed by atoms with van der Waals surface area (Å²) in [5, 5.41) is 0. The molecular weight excluding hydrogens is 400 g/mol. The van der Waals surface area contributed by atoms with Gasteiger partial charge in [-0.3, -0.25) is 19.4 Å². The number of hydrogen-bond acceptors (Lipinski definition) is 3. The normalized spacial score (nSPS) is 16.6. The molecule has 0 aliphatic carbocycles. The van der Waals surface area contributed by atoms with Crippen LogP contribution < -0.4 is 4.90 Å². The smallest absolute Gasteiger partial charge is 0.270 e. The first-order valence-electron chi connectivity index (χ1n) is 11.3. The highest BCUT2D eigenvalue weighted by Crippen LogP contribution is 2.36. The Morgan fingerprint density at radius 1 is 0.781 bits per heavy atom.